The molecule has 1 atom stereocenters. The molecule has 0 radical (unpaired) electrons. The summed E-state index contributed by atoms with van der Waals surface area (Å²) in [4.78, 5) is 2.41. The van der Waals surface area contributed by atoms with Crippen LogP contribution in [0.5, 0.6) is 0 Å². The first-order valence-corrected chi connectivity index (χ1v) is 6.88. The Morgan fingerprint density at radius 3 is 2.61 bits per heavy atom. The van der Waals surface area contributed by atoms with Crippen molar-refractivity contribution in [2.75, 3.05) is 26.2 Å². The van der Waals surface area contributed by atoms with Gasteiger partial charge in [0.15, 0.2) is 0 Å². The first-order chi connectivity index (χ1) is 8.67. The molecule has 1 aromatic carbocycles. The molecule has 1 rings (SSSR count). The van der Waals surface area contributed by atoms with Gasteiger partial charge >= 0.3 is 0 Å². The second-order valence-corrected chi connectivity index (χ2v) is 4.61. The highest BCUT2D eigenvalue weighted by atomic mass is 19.1. The quantitative estimate of drug-likeness (QED) is 0.715. The molecule has 0 aromatic heterocycles. The Kier molecular flexibility index (Phi) is 6.91. The zero-order valence-corrected chi connectivity index (χ0v) is 11.7. The van der Waals surface area contributed by atoms with Gasteiger partial charge in [0.2, 0.25) is 0 Å². The van der Waals surface area contributed by atoms with E-state index in [9.17, 15) is 4.39 Å². The maximum absolute atomic E-state index is 13.1. The van der Waals surface area contributed by atoms with Crippen LogP contribution in [-0.2, 0) is 0 Å². The van der Waals surface area contributed by atoms with E-state index >= 15 is 0 Å². The van der Waals surface area contributed by atoms with Crippen LogP contribution in [-0.4, -0.2) is 31.1 Å². The Hall–Kier alpha value is -0.930. The summed E-state index contributed by atoms with van der Waals surface area (Å²) in [5.74, 6) is -0.163. The number of hydrogen-bond donors (Lipinski definition) is 1. The monoisotopic (exact) mass is 252 g/mol. The van der Waals surface area contributed by atoms with Crippen LogP contribution in [0.1, 0.15) is 38.8 Å². The molecule has 0 aliphatic rings. The second kappa shape index (κ2) is 8.22. The van der Waals surface area contributed by atoms with Gasteiger partial charge in [0, 0.05) is 6.04 Å². The van der Waals surface area contributed by atoms with Gasteiger partial charge in [-0.3, -0.25) is 0 Å². The van der Waals surface area contributed by atoms with Crippen molar-refractivity contribution in [2.24, 2.45) is 0 Å². The van der Waals surface area contributed by atoms with E-state index in [1.165, 1.54) is 6.07 Å². The number of rotatable bonds is 8. The molecule has 0 saturated heterocycles. The van der Waals surface area contributed by atoms with Crippen LogP contribution < -0.4 is 5.32 Å². The summed E-state index contributed by atoms with van der Waals surface area (Å²) in [5.41, 5.74) is 1.01. The summed E-state index contributed by atoms with van der Waals surface area (Å²) in [7, 11) is 0. The van der Waals surface area contributed by atoms with Crippen molar-refractivity contribution in [2.45, 2.75) is 33.2 Å². The summed E-state index contributed by atoms with van der Waals surface area (Å²) < 4.78 is 13.1. The Balaban J connectivity index is 2.27. The normalized spacial score (nSPS) is 12.9. The van der Waals surface area contributed by atoms with Gasteiger partial charge in [-0.05, 0) is 57.2 Å². The fraction of sp³-hybridized carbons (Fsp3) is 0.600. The predicted octanol–water partition coefficient (Wildman–Crippen LogP) is 3.21. The third-order valence-corrected chi connectivity index (χ3v) is 3.34. The molecule has 0 amide bonds. The number of nitrogens with zero attached hydrogens (tertiary/aromatic N) is 1. The molecule has 0 heterocycles. The fourth-order valence-electron chi connectivity index (χ4n) is 2.05. The Labute approximate surface area is 110 Å². The van der Waals surface area contributed by atoms with E-state index in [-0.39, 0.29) is 11.9 Å². The molecule has 1 aromatic rings. The van der Waals surface area contributed by atoms with Gasteiger partial charge < -0.3 is 10.2 Å². The minimum Gasteiger partial charge on any atom is -0.310 e. The van der Waals surface area contributed by atoms with Crippen molar-refractivity contribution in [1.29, 1.82) is 0 Å². The third-order valence-electron chi connectivity index (χ3n) is 3.34. The van der Waals surface area contributed by atoms with Crippen molar-refractivity contribution in [3.8, 4) is 0 Å². The van der Waals surface area contributed by atoms with Crippen LogP contribution >= 0.6 is 0 Å². The molecule has 0 aliphatic heterocycles. The van der Waals surface area contributed by atoms with Gasteiger partial charge in [-0.1, -0.05) is 26.0 Å². The molecule has 0 spiro atoms. The van der Waals surface area contributed by atoms with Crippen LogP contribution in [0.2, 0.25) is 0 Å². The Morgan fingerprint density at radius 2 is 2.00 bits per heavy atom. The smallest absolute Gasteiger partial charge is 0.123 e. The summed E-state index contributed by atoms with van der Waals surface area (Å²) in [6.07, 6.45) is 1.13. The van der Waals surface area contributed by atoms with Crippen molar-refractivity contribution in [3.05, 3.63) is 35.6 Å². The van der Waals surface area contributed by atoms with E-state index in [2.05, 4.69) is 31.0 Å². The maximum atomic E-state index is 13.1. The van der Waals surface area contributed by atoms with Gasteiger partial charge in [-0.15, -0.1) is 0 Å². The number of nitrogens with one attached hydrogen (secondary N) is 1. The standard InChI is InChI=1S/C15H25FN2/c1-4-18(5-2)11-7-10-17-13(3)14-8-6-9-15(16)12-14/h6,8-9,12-13,17H,4-5,7,10-11H2,1-3H3. The molecule has 18 heavy (non-hydrogen) atoms. The highest BCUT2D eigenvalue weighted by Crippen LogP contribution is 2.13. The molecule has 0 fully saturated rings. The summed E-state index contributed by atoms with van der Waals surface area (Å²) in [6.45, 7) is 10.8. The molecule has 0 aliphatic carbocycles. The molecule has 102 valence electrons. The minimum atomic E-state index is -0.163. The first-order valence-electron chi connectivity index (χ1n) is 6.88. The van der Waals surface area contributed by atoms with E-state index in [1.54, 1.807) is 12.1 Å². The van der Waals surface area contributed by atoms with E-state index in [1.807, 2.05) is 6.07 Å². The van der Waals surface area contributed by atoms with Crippen molar-refractivity contribution < 1.29 is 4.39 Å². The third kappa shape index (κ3) is 5.15. The fourth-order valence-corrected chi connectivity index (χ4v) is 2.05. The second-order valence-electron chi connectivity index (χ2n) is 4.61. The van der Waals surface area contributed by atoms with Crippen LogP contribution in [0.3, 0.4) is 0 Å². The number of halogens is 1. The minimum absolute atomic E-state index is 0.163. The molecule has 3 heteroatoms. The number of benzene rings is 1. The van der Waals surface area contributed by atoms with Crippen LogP contribution in [0.15, 0.2) is 24.3 Å². The van der Waals surface area contributed by atoms with Gasteiger partial charge in [-0.2, -0.15) is 0 Å². The first kappa shape index (κ1) is 15.1. The zero-order valence-electron chi connectivity index (χ0n) is 11.7. The highest BCUT2D eigenvalue weighted by Gasteiger charge is 2.05. The molecular weight excluding hydrogens is 227 g/mol. The van der Waals surface area contributed by atoms with Crippen molar-refractivity contribution in [1.82, 2.24) is 10.2 Å². The largest absolute Gasteiger partial charge is 0.310 e. The molecular formula is C15H25FN2. The SMILES string of the molecule is CCN(CC)CCCNC(C)c1cccc(F)c1. The van der Waals surface area contributed by atoms with Gasteiger partial charge in [0.25, 0.3) is 0 Å². The van der Waals surface area contributed by atoms with Crippen LogP contribution in [0.25, 0.3) is 0 Å². The molecule has 0 bridgehead atoms. The van der Waals surface area contributed by atoms with Crippen LogP contribution in [0.4, 0.5) is 4.39 Å². The molecule has 1 unspecified atom stereocenters. The van der Waals surface area contributed by atoms with Gasteiger partial charge in [0.05, 0.1) is 0 Å². The van der Waals surface area contributed by atoms with Crippen molar-refractivity contribution in [3.63, 3.8) is 0 Å². The van der Waals surface area contributed by atoms with Crippen molar-refractivity contribution >= 4 is 0 Å². The van der Waals surface area contributed by atoms with E-state index in [0.29, 0.717) is 0 Å². The number of hydrogen-bond acceptors (Lipinski definition) is 2. The average Bonchev–Trinajstić information content (AvgIpc) is 2.38. The maximum Gasteiger partial charge on any atom is 0.123 e. The zero-order chi connectivity index (χ0) is 13.4. The van der Waals surface area contributed by atoms with Gasteiger partial charge in [-0.25, -0.2) is 4.39 Å². The summed E-state index contributed by atoms with van der Waals surface area (Å²) in [6, 6.07) is 7.01. The van der Waals surface area contributed by atoms with E-state index in [0.717, 1.165) is 38.2 Å². The lowest BCUT2D eigenvalue weighted by Gasteiger charge is -2.19. The molecule has 1 N–H and O–H groups in total. The summed E-state index contributed by atoms with van der Waals surface area (Å²) in [5, 5.41) is 3.44. The van der Waals surface area contributed by atoms with E-state index in [4.69, 9.17) is 0 Å². The lowest BCUT2D eigenvalue weighted by molar-refractivity contribution is 0.296. The molecule has 2 nitrogen and oxygen atoms in total. The van der Waals surface area contributed by atoms with Crippen LogP contribution in [0, 0.1) is 5.82 Å². The van der Waals surface area contributed by atoms with E-state index < -0.39 is 0 Å². The highest BCUT2D eigenvalue weighted by molar-refractivity contribution is 5.19. The topological polar surface area (TPSA) is 15.3 Å². The summed E-state index contributed by atoms with van der Waals surface area (Å²) >= 11 is 0. The predicted molar refractivity (Wildman–Crippen MR) is 75.2 cm³/mol. The average molecular weight is 252 g/mol. The van der Waals surface area contributed by atoms with Gasteiger partial charge in [0.1, 0.15) is 5.82 Å². The lowest BCUT2D eigenvalue weighted by Crippen LogP contribution is -2.28. The Bertz CT molecular complexity index is 337. The lowest BCUT2D eigenvalue weighted by atomic mass is 10.1. The Morgan fingerprint density at radius 1 is 1.28 bits per heavy atom. The molecule has 0 saturated carbocycles.